The van der Waals surface area contributed by atoms with Gasteiger partial charge < -0.3 is 10.6 Å². The van der Waals surface area contributed by atoms with Crippen molar-refractivity contribution in [2.75, 3.05) is 19.6 Å². The normalized spacial score (nSPS) is 18.2. The van der Waals surface area contributed by atoms with E-state index >= 15 is 0 Å². The molecular formula is C19H27ClN4O. The molecule has 1 aromatic heterocycles. The molecule has 1 amide bonds. The lowest BCUT2D eigenvalue weighted by Gasteiger charge is -2.22. The van der Waals surface area contributed by atoms with Crippen LogP contribution < -0.4 is 10.6 Å². The number of amides is 1. The highest BCUT2D eigenvalue weighted by atomic mass is 35.5. The van der Waals surface area contributed by atoms with E-state index in [1.165, 1.54) is 5.56 Å². The van der Waals surface area contributed by atoms with Crippen LogP contribution in [0.2, 0.25) is 0 Å². The summed E-state index contributed by atoms with van der Waals surface area (Å²) in [5.74, 6) is 0.242. The number of aromatic nitrogens is 2. The van der Waals surface area contributed by atoms with Gasteiger partial charge in [0.25, 0.3) is 5.91 Å². The first-order valence-corrected chi connectivity index (χ1v) is 8.87. The van der Waals surface area contributed by atoms with Gasteiger partial charge in [-0.05, 0) is 37.4 Å². The number of carbonyl (C=O) groups excluding carboxylic acids is 1. The Morgan fingerprint density at radius 1 is 1.36 bits per heavy atom. The molecule has 136 valence electrons. The molecule has 5 nitrogen and oxygen atoms in total. The highest BCUT2D eigenvalue weighted by Gasteiger charge is 2.18. The summed E-state index contributed by atoms with van der Waals surface area (Å²) in [6, 6.07) is 12.5. The average Bonchev–Trinajstić information content (AvgIpc) is 3.14. The molecule has 25 heavy (non-hydrogen) atoms. The predicted octanol–water partition coefficient (Wildman–Crippen LogP) is 3.15. The van der Waals surface area contributed by atoms with Crippen LogP contribution in [0, 0.1) is 0 Å². The van der Waals surface area contributed by atoms with Crippen molar-refractivity contribution in [3.63, 3.8) is 0 Å². The lowest BCUT2D eigenvalue weighted by atomic mass is 9.96. The summed E-state index contributed by atoms with van der Waals surface area (Å²) in [7, 11) is 0. The molecule has 1 saturated heterocycles. The van der Waals surface area contributed by atoms with Crippen molar-refractivity contribution in [1.82, 2.24) is 20.4 Å². The summed E-state index contributed by atoms with van der Waals surface area (Å²) in [4.78, 5) is 12.4. The number of nitrogens with one attached hydrogen (secondary N) is 2. The van der Waals surface area contributed by atoms with Crippen LogP contribution in [0.3, 0.4) is 0 Å². The topological polar surface area (TPSA) is 59.0 Å². The third-order valence-electron chi connectivity index (χ3n) is 4.76. The van der Waals surface area contributed by atoms with Crippen molar-refractivity contribution in [3.05, 3.63) is 53.9 Å². The van der Waals surface area contributed by atoms with Gasteiger partial charge in [-0.3, -0.25) is 9.48 Å². The van der Waals surface area contributed by atoms with Gasteiger partial charge in [0.05, 0.1) is 6.04 Å². The zero-order chi connectivity index (χ0) is 16.8. The third-order valence-corrected chi connectivity index (χ3v) is 4.76. The van der Waals surface area contributed by atoms with Crippen molar-refractivity contribution in [1.29, 1.82) is 0 Å². The largest absolute Gasteiger partial charge is 0.350 e. The van der Waals surface area contributed by atoms with Crippen molar-refractivity contribution in [2.45, 2.75) is 38.1 Å². The summed E-state index contributed by atoms with van der Waals surface area (Å²) >= 11 is 0. The lowest BCUT2D eigenvalue weighted by molar-refractivity contribution is 0.0944. The highest BCUT2D eigenvalue weighted by molar-refractivity contribution is 5.92. The fourth-order valence-electron chi connectivity index (χ4n) is 3.25. The zero-order valence-corrected chi connectivity index (χ0v) is 15.5. The second-order valence-electron chi connectivity index (χ2n) is 6.41. The van der Waals surface area contributed by atoms with Gasteiger partial charge in [0.15, 0.2) is 0 Å². The van der Waals surface area contributed by atoms with E-state index in [1.54, 1.807) is 0 Å². The third kappa shape index (κ3) is 5.06. The van der Waals surface area contributed by atoms with Crippen LogP contribution in [0.15, 0.2) is 42.6 Å². The van der Waals surface area contributed by atoms with Crippen molar-refractivity contribution < 1.29 is 4.79 Å². The zero-order valence-electron chi connectivity index (χ0n) is 14.6. The molecule has 0 bridgehead atoms. The maximum atomic E-state index is 12.4. The van der Waals surface area contributed by atoms with Crippen LogP contribution >= 0.6 is 12.4 Å². The summed E-state index contributed by atoms with van der Waals surface area (Å²) in [6.07, 6.45) is 5.18. The quantitative estimate of drug-likeness (QED) is 0.829. The van der Waals surface area contributed by atoms with E-state index in [2.05, 4.69) is 34.8 Å². The molecule has 2 atom stereocenters. The van der Waals surface area contributed by atoms with Crippen molar-refractivity contribution >= 4 is 18.3 Å². The smallest absolute Gasteiger partial charge is 0.271 e. The molecule has 2 unspecified atom stereocenters. The van der Waals surface area contributed by atoms with E-state index in [0.29, 0.717) is 24.2 Å². The standard InChI is InChI=1S/C19H26N4O.ClH/c1-2-15(16-7-4-3-5-8-16)13-21-19(24)18-10-12-23(22-18)17-9-6-11-20-14-17;/h3-5,7-8,10,12,15,17,20H,2,6,9,11,13-14H2,1H3,(H,21,24);1H. The molecule has 6 heteroatoms. The van der Waals surface area contributed by atoms with Gasteiger partial charge in [0, 0.05) is 25.2 Å². The van der Waals surface area contributed by atoms with Gasteiger partial charge >= 0.3 is 0 Å². The molecular weight excluding hydrogens is 336 g/mol. The Morgan fingerprint density at radius 2 is 2.16 bits per heavy atom. The van der Waals surface area contributed by atoms with E-state index in [4.69, 9.17) is 0 Å². The molecule has 1 aliphatic rings. The van der Waals surface area contributed by atoms with E-state index in [-0.39, 0.29) is 18.3 Å². The van der Waals surface area contributed by atoms with E-state index in [9.17, 15) is 4.79 Å². The molecule has 1 aromatic carbocycles. The Morgan fingerprint density at radius 3 is 2.84 bits per heavy atom. The lowest BCUT2D eigenvalue weighted by Crippen LogP contribution is -2.32. The molecule has 2 heterocycles. The molecule has 1 fully saturated rings. The van der Waals surface area contributed by atoms with Gasteiger partial charge in [-0.1, -0.05) is 37.3 Å². The van der Waals surface area contributed by atoms with E-state index < -0.39 is 0 Å². The molecule has 0 spiro atoms. The van der Waals surface area contributed by atoms with Gasteiger partial charge in [-0.25, -0.2) is 0 Å². The molecule has 2 aromatic rings. The van der Waals surface area contributed by atoms with E-state index in [1.807, 2.05) is 35.1 Å². The SMILES string of the molecule is CCC(CNC(=O)c1ccn(C2CCCNC2)n1)c1ccccc1.Cl. The summed E-state index contributed by atoms with van der Waals surface area (Å²) in [6.45, 7) is 4.78. The minimum absolute atomic E-state index is 0. The average molecular weight is 363 g/mol. The molecule has 0 aliphatic carbocycles. The number of rotatable bonds is 6. The van der Waals surface area contributed by atoms with Crippen LogP contribution in [0.1, 0.15) is 54.2 Å². The number of halogens is 1. The van der Waals surface area contributed by atoms with Crippen LogP contribution in [0.5, 0.6) is 0 Å². The molecule has 2 N–H and O–H groups in total. The number of carbonyl (C=O) groups is 1. The second-order valence-corrected chi connectivity index (χ2v) is 6.41. The molecule has 0 saturated carbocycles. The Balaban J connectivity index is 0.00000225. The minimum atomic E-state index is -0.0908. The fourth-order valence-corrected chi connectivity index (χ4v) is 3.25. The van der Waals surface area contributed by atoms with E-state index in [0.717, 1.165) is 32.4 Å². The van der Waals surface area contributed by atoms with Crippen molar-refractivity contribution in [2.24, 2.45) is 0 Å². The first-order valence-electron chi connectivity index (χ1n) is 8.87. The number of hydrogen-bond donors (Lipinski definition) is 2. The predicted molar refractivity (Wildman–Crippen MR) is 102 cm³/mol. The fraction of sp³-hybridized carbons (Fsp3) is 0.474. The molecule has 1 aliphatic heterocycles. The number of piperidine rings is 1. The Bertz CT molecular complexity index is 652. The van der Waals surface area contributed by atoms with Crippen molar-refractivity contribution in [3.8, 4) is 0 Å². The van der Waals surface area contributed by atoms with Crippen LogP contribution in [0.25, 0.3) is 0 Å². The van der Waals surface area contributed by atoms with Crippen LogP contribution in [0.4, 0.5) is 0 Å². The molecule has 3 rings (SSSR count). The molecule has 0 radical (unpaired) electrons. The van der Waals surface area contributed by atoms with Gasteiger partial charge in [0.1, 0.15) is 5.69 Å². The summed E-state index contributed by atoms with van der Waals surface area (Å²) < 4.78 is 1.93. The van der Waals surface area contributed by atoms with Crippen LogP contribution in [-0.4, -0.2) is 35.3 Å². The Hall–Kier alpha value is -1.85. The highest BCUT2D eigenvalue weighted by Crippen LogP contribution is 2.18. The van der Waals surface area contributed by atoms with Crippen LogP contribution in [-0.2, 0) is 0 Å². The summed E-state index contributed by atoms with van der Waals surface area (Å²) in [5, 5.41) is 10.9. The van der Waals surface area contributed by atoms with Gasteiger partial charge in [-0.2, -0.15) is 5.10 Å². The van der Waals surface area contributed by atoms with Gasteiger partial charge in [0.2, 0.25) is 0 Å². The monoisotopic (exact) mass is 362 g/mol. The minimum Gasteiger partial charge on any atom is -0.350 e. The first-order chi connectivity index (χ1) is 11.8. The first kappa shape index (κ1) is 19.5. The number of nitrogens with zero attached hydrogens (tertiary/aromatic N) is 2. The summed E-state index contributed by atoms with van der Waals surface area (Å²) in [5.41, 5.74) is 1.77. The maximum absolute atomic E-state index is 12.4. The van der Waals surface area contributed by atoms with Gasteiger partial charge in [-0.15, -0.1) is 12.4 Å². The maximum Gasteiger partial charge on any atom is 0.271 e. The Labute approximate surface area is 155 Å². The number of benzene rings is 1. The second kappa shape index (κ2) is 9.59. The Kier molecular flexibility index (Phi) is 7.47. The number of hydrogen-bond acceptors (Lipinski definition) is 3.